The third-order valence-corrected chi connectivity index (χ3v) is 13.1. The SMILES string of the molecule is CCCC/C=C\CCCCCCCC(=O)OCC(COC1OC(COC2OC(CO)C(O)C(O)C2O)C(O)C(O)C1O)OC(=O)CCCCCCCCCCCCC/C=C\C/C=C\CCCCCCC. The number of carbonyl (C=O) groups is 2. The Kier molecular flexibility index (Phi) is 38.4. The topological polar surface area (TPSA) is 231 Å². The zero-order valence-corrected chi connectivity index (χ0v) is 43.3. The smallest absolute Gasteiger partial charge is 0.306 e. The van der Waals surface area contributed by atoms with Crippen molar-refractivity contribution in [1.29, 1.82) is 0 Å². The number of aliphatic hydroxyl groups is 7. The van der Waals surface area contributed by atoms with E-state index in [4.69, 9.17) is 28.4 Å². The third-order valence-electron chi connectivity index (χ3n) is 13.1. The van der Waals surface area contributed by atoms with Gasteiger partial charge < -0.3 is 64.2 Å². The average Bonchev–Trinajstić information content (AvgIpc) is 3.35. The molecule has 0 radical (unpaired) electrons. The van der Waals surface area contributed by atoms with Crippen LogP contribution in [0.15, 0.2) is 36.5 Å². The average molecular weight is 999 g/mol. The summed E-state index contributed by atoms with van der Waals surface area (Å²) in [7, 11) is 0. The van der Waals surface area contributed by atoms with Gasteiger partial charge in [0, 0.05) is 12.8 Å². The van der Waals surface area contributed by atoms with Crippen molar-refractivity contribution < 1.29 is 73.8 Å². The maximum absolute atomic E-state index is 13.0. The van der Waals surface area contributed by atoms with Crippen LogP contribution in [0.2, 0.25) is 0 Å². The van der Waals surface area contributed by atoms with Crippen molar-refractivity contribution in [2.75, 3.05) is 26.4 Å². The summed E-state index contributed by atoms with van der Waals surface area (Å²) in [5.41, 5.74) is 0. The molecule has 0 aromatic carbocycles. The molecule has 7 N–H and O–H groups in total. The number of allylic oxidation sites excluding steroid dienone is 6. The Labute approximate surface area is 421 Å². The summed E-state index contributed by atoms with van der Waals surface area (Å²) < 4.78 is 33.6. The van der Waals surface area contributed by atoms with Crippen molar-refractivity contribution in [3.05, 3.63) is 36.5 Å². The minimum Gasteiger partial charge on any atom is -0.462 e. The molecule has 2 aliphatic heterocycles. The molecule has 0 aliphatic carbocycles. The van der Waals surface area contributed by atoms with E-state index in [1.54, 1.807) is 0 Å². The number of carbonyl (C=O) groups excluding carboxylic acids is 2. The predicted octanol–water partition coefficient (Wildman–Crippen LogP) is 8.49. The Morgan fingerprint density at radius 2 is 0.871 bits per heavy atom. The molecule has 0 spiro atoms. The maximum atomic E-state index is 13.0. The first-order valence-corrected chi connectivity index (χ1v) is 27.6. The normalized spacial score (nSPS) is 25.6. The van der Waals surface area contributed by atoms with Crippen LogP contribution in [0.5, 0.6) is 0 Å². The number of unbranched alkanes of at least 4 members (excludes halogenated alkanes) is 23. The summed E-state index contributed by atoms with van der Waals surface area (Å²) in [5.74, 6) is -0.935. The molecule has 70 heavy (non-hydrogen) atoms. The van der Waals surface area contributed by atoms with Gasteiger partial charge in [0.15, 0.2) is 18.7 Å². The van der Waals surface area contributed by atoms with Crippen LogP contribution in [-0.4, -0.2) is 142 Å². The number of rotatable bonds is 43. The molecule has 11 atom stereocenters. The van der Waals surface area contributed by atoms with E-state index in [0.717, 1.165) is 70.6 Å². The first-order chi connectivity index (χ1) is 34.0. The molecule has 15 heteroatoms. The minimum atomic E-state index is -1.77. The molecule has 0 amide bonds. The summed E-state index contributed by atoms with van der Waals surface area (Å²) in [5, 5.41) is 72.1. The lowest BCUT2D eigenvalue weighted by atomic mass is 9.98. The second-order valence-electron chi connectivity index (χ2n) is 19.4. The van der Waals surface area contributed by atoms with Gasteiger partial charge in [-0.2, -0.15) is 0 Å². The molecule has 0 aromatic heterocycles. The van der Waals surface area contributed by atoms with Gasteiger partial charge in [-0.05, 0) is 64.2 Å². The molecule has 11 unspecified atom stereocenters. The van der Waals surface area contributed by atoms with Crippen LogP contribution in [0.3, 0.4) is 0 Å². The highest BCUT2D eigenvalue weighted by Gasteiger charge is 2.47. The van der Waals surface area contributed by atoms with Gasteiger partial charge in [-0.15, -0.1) is 0 Å². The van der Waals surface area contributed by atoms with E-state index in [0.29, 0.717) is 12.8 Å². The number of hydrogen-bond acceptors (Lipinski definition) is 15. The van der Waals surface area contributed by atoms with Crippen LogP contribution in [0.1, 0.15) is 206 Å². The van der Waals surface area contributed by atoms with E-state index in [9.17, 15) is 45.3 Å². The Balaban J connectivity index is 1.74. The Morgan fingerprint density at radius 3 is 1.39 bits per heavy atom. The van der Waals surface area contributed by atoms with Crippen molar-refractivity contribution >= 4 is 11.9 Å². The molecule has 2 aliphatic rings. The lowest BCUT2D eigenvalue weighted by Crippen LogP contribution is -2.61. The first-order valence-electron chi connectivity index (χ1n) is 27.6. The number of hydrogen-bond donors (Lipinski definition) is 7. The summed E-state index contributed by atoms with van der Waals surface area (Å²) in [4.78, 5) is 25.8. The van der Waals surface area contributed by atoms with E-state index in [-0.39, 0.29) is 26.1 Å². The fourth-order valence-electron chi connectivity index (χ4n) is 8.52. The highest BCUT2D eigenvalue weighted by Crippen LogP contribution is 2.26. The van der Waals surface area contributed by atoms with Crippen molar-refractivity contribution in [3.8, 4) is 0 Å². The molecule has 2 rings (SSSR count). The van der Waals surface area contributed by atoms with Crippen molar-refractivity contribution in [2.24, 2.45) is 0 Å². The van der Waals surface area contributed by atoms with Crippen molar-refractivity contribution in [1.82, 2.24) is 0 Å². The van der Waals surface area contributed by atoms with Crippen LogP contribution in [0.25, 0.3) is 0 Å². The predicted molar refractivity (Wildman–Crippen MR) is 270 cm³/mol. The molecular formula is C55H98O15. The number of ether oxygens (including phenoxy) is 6. The van der Waals surface area contributed by atoms with E-state index in [2.05, 4.69) is 50.3 Å². The van der Waals surface area contributed by atoms with E-state index in [1.165, 1.54) is 96.3 Å². The fraction of sp³-hybridized carbons (Fsp3) is 0.855. The standard InChI is InChI=1S/C55H98O15/c1-3-5-7-9-11-13-15-16-17-18-19-20-21-22-23-24-25-26-28-30-32-34-36-38-47(58)68-43(40-65-46(57)37-35-33-31-29-27-14-12-10-8-6-4-2)41-66-54-53(64)51(62)49(60)45(70-54)42-67-55-52(63)50(61)48(59)44(39-56)69-55/h10,12,15-16,18-19,43-45,48-56,59-64H,3-9,11,13-14,17,20-42H2,1-2H3/b12-10-,16-15-,19-18-. The van der Waals surface area contributed by atoms with E-state index in [1.807, 2.05) is 0 Å². The molecule has 0 aromatic rings. The van der Waals surface area contributed by atoms with E-state index < -0.39 is 92.7 Å². The Morgan fingerprint density at radius 1 is 0.457 bits per heavy atom. The van der Waals surface area contributed by atoms with Gasteiger partial charge in [-0.1, -0.05) is 166 Å². The van der Waals surface area contributed by atoms with E-state index >= 15 is 0 Å². The zero-order chi connectivity index (χ0) is 51.0. The van der Waals surface area contributed by atoms with Crippen LogP contribution < -0.4 is 0 Å². The van der Waals surface area contributed by atoms with Gasteiger partial charge in [0.25, 0.3) is 0 Å². The molecule has 408 valence electrons. The van der Waals surface area contributed by atoms with Crippen LogP contribution >= 0.6 is 0 Å². The highest BCUT2D eigenvalue weighted by atomic mass is 16.7. The largest absolute Gasteiger partial charge is 0.462 e. The van der Waals surface area contributed by atoms with Gasteiger partial charge in [0.05, 0.1) is 19.8 Å². The van der Waals surface area contributed by atoms with Gasteiger partial charge in [-0.25, -0.2) is 0 Å². The Bertz CT molecular complexity index is 1360. The molecule has 2 heterocycles. The second kappa shape index (κ2) is 42.1. The monoisotopic (exact) mass is 999 g/mol. The number of esters is 2. The van der Waals surface area contributed by atoms with Crippen LogP contribution in [0.4, 0.5) is 0 Å². The fourth-order valence-corrected chi connectivity index (χ4v) is 8.52. The lowest BCUT2D eigenvalue weighted by molar-refractivity contribution is -0.332. The van der Waals surface area contributed by atoms with Gasteiger partial charge in [0.2, 0.25) is 0 Å². The molecule has 0 saturated carbocycles. The summed E-state index contributed by atoms with van der Waals surface area (Å²) in [6.45, 7) is 2.54. The first kappa shape index (κ1) is 63.8. The third kappa shape index (κ3) is 29.4. The Hall–Kier alpha value is -2.28. The molecule has 2 saturated heterocycles. The quantitative estimate of drug-likeness (QED) is 0.0173. The minimum absolute atomic E-state index is 0.162. The van der Waals surface area contributed by atoms with Gasteiger partial charge in [0.1, 0.15) is 55.4 Å². The zero-order valence-electron chi connectivity index (χ0n) is 43.3. The summed E-state index contributed by atoms with van der Waals surface area (Å²) in [6, 6.07) is 0. The van der Waals surface area contributed by atoms with Crippen LogP contribution in [0, 0.1) is 0 Å². The van der Waals surface area contributed by atoms with Gasteiger partial charge >= 0.3 is 11.9 Å². The molecular weight excluding hydrogens is 901 g/mol. The highest BCUT2D eigenvalue weighted by molar-refractivity contribution is 5.70. The summed E-state index contributed by atoms with van der Waals surface area (Å²) in [6.07, 6.45) is 28.9. The maximum Gasteiger partial charge on any atom is 0.306 e. The second-order valence-corrected chi connectivity index (χ2v) is 19.4. The molecule has 0 bridgehead atoms. The van der Waals surface area contributed by atoms with Crippen molar-refractivity contribution in [3.63, 3.8) is 0 Å². The molecule has 15 nitrogen and oxygen atoms in total. The van der Waals surface area contributed by atoms with Crippen molar-refractivity contribution in [2.45, 2.75) is 274 Å². The lowest BCUT2D eigenvalue weighted by Gasteiger charge is -2.42. The van der Waals surface area contributed by atoms with Gasteiger partial charge in [-0.3, -0.25) is 9.59 Å². The summed E-state index contributed by atoms with van der Waals surface area (Å²) >= 11 is 0. The number of aliphatic hydroxyl groups excluding tert-OH is 7. The molecule has 2 fully saturated rings. The van der Waals surface area contributed by atoms with Crippen LogP contribution in [-0.2, 0) is 38.0 Å².